The average molecular weight is 220 g/mol. The minimum Gasteiger partial charge on any atom is -0.398 e. The number of rotatable bonds is 7. The van der Waals surface area contributed by atoms with E-state index >= 15 is 0 Å². The molecule has 86 valence electrons. The topological polar surface area (TPSA) is 70.5 Å². The highest BCUT2D eigenvalue weighted by atomic mass is 28.4. The standard InChI is InChI=1S/C9H24N2O2Si/c1-8(5-10)7-14(4,12-3)13-6-9(2)11/h8-9H,5-7,10-11H2,1-4H3. The molecule has 0 aliphatic rings. The zero-order valence-electron chi connectivity index (χ0n) is 9.75. The maximum Gasteiger partial charge on any atom is 0.335 e. The first-order valence-corrected chi connectivity index (χ1v) is 7.60. The second-order valence-electron chi connectivity index (χ2n) is 4.17. The second kappa shape index (κ2) is 6.52. The van der Waals surface area contributed by atoms with E-state index in [0.717, 1.165) is 6.04 Å². The van der Waals surface area contributed by atoms with Crippen LogP contribution in [0.4, 0.5) is 0 Å². The van der Waals surface area contributed by atoms with Gasteiger partial charge >= 0.3 is 8.56 Å². The molecule has 0 bridgehead atoms. The van der Waals surface area contributed by atoms with Crippen molar-refractivity contribution in [3.63, 3.8) is 0 Å². The fourth-order valence-electron chi connectivity index (χ4n) is 1.23. The Hall–Kier alpha value is 0.0569. The lowest BCUT2D eigenvalue weighted by Gasteiger charge is -2.28. The molecule has 0 saturated heterocycles. The maximum atomic E-state index is 5.75. The summed E-state index contributed by atoms with van der Waals surface area (Å²) in [6, 6.07) is 0.984. The third-order valence-electron chi connectivity index (χ3n) is 2.20. The predicted octanol–water partition coefficient (Wildman–Crippen LogP) is 0.663. The summed E-state index contributed by atoms with van der Waals surface area (Å²) in [5.74, 6) is 0.444. The Morgan fingerprint density at radius 1 is 1.36 bits per heavy atom. The van der Waals surface area contributed by atoms with Crippen molar-refractivity contribution in [3.8, 4) is 0 Å². The third-order valence-corrected chi connectivity index (χ3v) is 5.28. The van der Waals surface area contributed by atoms with Crippen LogP contribution in [0.15, 0.2) is 0 Å². The van der Waals surface area contributed by atoms with Crippen LogP contribution in [0.1, 0.15) is 13.8 Å². The summed E-state index contributed by atoms with van der Waals surface area (Å²) in [7, 11) is -0.325. The van der Waals surface area contributed by atoms with E-state index in [0.29, 0.717) is 19.1 Å². The molecule has 0 aromatic rings. The van der Waals surface area contributed by atoms with Crippen LogP contribution >= 0.6 is 0 Å². The molecular weight excluding hydrogens is 196 g/mol. The summed E-state index contributed by atoms with van der Waals surface area (Å²) < 4.78 is 11.2. The monoisotopic (exact) mass is 220 g/mol. The molecule has 5 heteroatoms. The minimum atomic E-state index is -2.03. The van der Waals surface area contributed by atoms with Crippen LogP contribution in [0.25, 0.3) is 0 Å². The molecule has 14 heavy (non-hydrogen) atoms. The van der Waals surface area contributed by atoms with Crippen molar-refractivity contribution in [2.24, 2.45) is 17.4 Å². The summed E-state index contributed by atoms with van der Waals surface area (Å²) in [5.41, 5.74) is 11.2. The van der Waals surface area contributed by atoms with Gasteiger partial charge in [0.2, 0.25) is 0 Å². The Bertz CT molecular complexity index is 158. The van der Waals surface area contributed by atoms with Crippen molar-refractivity contribution in [2.75, 3.05) is 20.3 Å². The van der Waals surface area contributed by atoms with Crippen molar-refractivity contribution < 1.29 is 8.85 Å². The highest BCUT2D eigenvalue weighted by molar-refractivity contribution is 6.66. The molecule has 0 rings (SSSR count). The lowest BCUT2D eigenvalue weighted by Crippen LogP contribution is -2.43. The molecule has 0 aliphatic carbocycles. The SMILES string of the molecule is CO[Si](C)(CC(C)CN)OCC(C)N. The Kier molecular flexibility index (Phi) is 6.55. The van der Waals surface area contributed by atoms with E-state index in [-0.39, 0.29) is 6.04 Å². The molecule has 0 aliphatic heterocycles. The van der Waals surface area contributed by atoms with E-state index < -0.39 is 8.56 Å². The van der Waals surface area contributed by atoms with Crippen LogP contribution < -0.4 is 11.5 Å². The van der Waals surface area contributed by atoms with E-state index in [4.69, 9.17) is 20.3 Å². The van der Waals surface area contributed by atoms with Gasteiger partial charge in [-0.2, -0.15) is 0 Å². The van der Waals surface area contributed by atoms with Crippen LogP contribution in [0, 0.1) is 5.92 Å². The Labute approximate surface area is 88.2 Å². The summed E-state index contributed by atoms with van der Waals surface area (Å²) >= 11 is 0. The first-order valence-electron chi connectivity index (χ1n) is 5.08. The van der Waals surface area contributed by atoms with Crippen molar-refractivity contribution in [1.82, 2.24) is 0 Å². The normalized spacial score (nSPS) is 20.1. The summed E-state index contributed by atoms with van der Waals surface area (Å²) in [6.07, 6.45) is 0. The van der Waals surface area contributed by atoms with E-state index in [9.17, 15) is 0 Å². The highest BCUT2D eigenvalue weighted by Gasteiger charge is 2.32. The number of hydrogen-bond donors (Lipinski definition) is 2. The number of hydrogen-bond acceptors (Lipinski definition) is 4. The van der Waals surface area contributed by atoms with Crippen LogP contribution in [0.3, 0.4) is 0 Å². The van der Waals surface area contributed by atoms with Crippen molar-refractivity contribution in [1.29, 1.82) is 0 Å². The lowest BCUT2D eigenvalue weighted by atomic mass is 10.2. The number of nitrogens with two attached hydrogens (primary N) is 2. The van der Waals surface area contributed by atoms with E-state index in [2.05, 4.69) is 13.5 Å². The molecule has 4 N–H and O–H groups in total. The Morgan fingerprint density at radius 3 is 2.29 bits per heavy atom. The Balaban J connectivity index is 4.03. The van der Waals surface area contributed by atoms with E-state index in [1.54, 1.807) is 7.11 Å². The van der Waals surface area contributed by atoms with Crippen LogP contribution in [0.5, 0.6) is 0 Å². The van der Waals surface area contributed by atoms with E-state index in [1.807, 2.05) is 6.92 Å². The van der Waals surface area contributed by atoms with Gasteiger partial charge in [0.05, 0.1) is 6.61 Å². The minimum absolute atomic E-state index is 0.0603. The molecule has 3 atom stereocenters. The third kappa shape index (κ3) is 5.72. The molecule has 0 saturated carbocycles. The van der Waals surface area contributed by atoms with Gasteiger partial charge < -0.3 is 20.3 Å². The maximum absolute atomic E-state index is 5.75. The molecular formula is C9H24N2O2Si. The van der Waals surface area contributed by atoms with Gasteiger partial charge in [-0.3, -0.25) is 0 Å². The summed E-state index contributed by atoms with van der Waals surface area (Å²) in [5, 5.41) is 0. The largest absolute Gasteiger partial charge is 0.398 e. The first kappa shape index (κ1) is 14.1. The van der Waals surface area contributed by atoms with Crippen LogP contribution in [0.2, 0.25) is 12.6 Å². The van der Waals surface area contributed by atoms with Crippen molar-refractivity contribution in [2.45, 2.75) is 32.5 Å². The average Bonchev–Trinajstić information content (AvgIpc) is 2.14. The lowest BCUT2D eigenvalue weighted by molar-refractivity contribution is 0.190. The smallest absolute Gasteiger partial charge is 0.335 e. The molecule has 4 nitrogen and oxygen atoms in total. The van der Waals surface area contributed by atoms with Gasteiger partial charge in [-0.1, -0.05) is 6.92 Å². The van der Waals surface area contributed by atoms with Crippen LogP contribution in [-0.4, -0.2) is 34.9 Å². The quantitative estimate of drug-likeness (QED) is 0.619. The Morgan fingerprint density at radius 2 is 1.93 bits per heavy atom. The van der Waals surface area contributed by atoms with Gasteiger partial charge in [0.1, 0.15) is 0 Å². The van der Waals surface area contributed by atoms with Gasteiger partial charge in [0.25, 0.3) is 0 Å². The van der Waals surface area contributed by atoms with Gasteiger partial charge in [-0.15, -0.1) is 0 Å². The zero-order chi connectivity index (χ0) is 11.2. The highest BCUT2D eigenvalue weighted by Crippen LogP contribution is 2.18. The van der Waals surface area contributed by atoms with Crippen molar-refractivity contribution in [3.05, 3.63) is 0 Å². The molecule has 0 radical (unpaired) electrons. The van der Waals surface area contributed by atoms with Crippen LogP contribution in [-0.2, 0) is 8.85 Å². The van der Waals surface area contributed by atoms with Gasteiger partial charge in [0.15, 0.2) is 0 Å². The molecule has 0 fully saturated rings. The molecule has 0 heterocycles. The summed E-state index contributed by atoms with van der Waals surface area (Å²) in [6.45, 7) is 7.33. The molecule has 0 spiro atoms. The van der Waals surface area contributed by atoms with E-state index in [1.165, 1.54) is 0 Å². The fourth-order valence-corrected chi connectivity index (χ4v) is 3.68. The molecule has 0 amide bonds. The van der Waals surface area contributed by atoms with Gasteiger partial charge in [0, 0.05) is 13.2 Å². The van der Waals surface area contributed by atoms with Gasteiger partial charge in [-0.05, 0) is 32.0 Å². The zero-order valence-corrected chi connectivity index (χ0v) is 10.7. The predicted molar refractivity (Wildman–Crippen MR) is 61.3 cm³/mol. The fraction of sp³-hybridized carbons (Fsp3) is 1.00. The van der Waals surface area contributed by atoms with Gasteiger partial charge in [-0.25, -0.2) is 0 Å². The molecule has 0 aromatic heterocycles. The summed E-state index contributed by atoms with van der Waals surface area (Å²) in [4.78, 5) is 0. The second-order valence-corrected chi connectivity index (χ2v) is 7.54. The molecule has 3 unspecified atom stereocenters. The first-order chi connectivity index (χ1) is 6.43. The van der Waals surface area contributed by atoms with Crippen molar-refractivity contribution >= 4 is 8.56 Å². The molecule has 0 aromatic carbocycles.